The second kappa shape index (κ2) is 8.70. The monoisotopic (exact) mass is 320 g/mol. The van der Waals surface area contributed by atoms with E-state index in [1.165, 1.54) is 4.90 Å². The molecular weight excluding hydrogens is 300 g/mol. The number of carboxylic acids is 1. The van der Waals surface area contributed by atoms with Gasteiger partial charge < -0.3 is 20.8 Å². The molecule has 1 aliphatic rings. The van der Waals surface area contributed by atoms with Gasteiger partial charge in [-0.2, -0.15) is 0 Å². The second-order valence-electron chi connectivity index (χ2n) is 5.13. The van der Waals surface area contributed by atoms with E-state index in [1.807, 2.05) is 36.4 Å². The van der Waals surface area contributed by atoms with Crippen LogP contribution in [0.3, 0.4) is 0 Å². The Kier molecular flexibility index (Phi) is 6.95. The van der Waals surface area contributed by atoms with E-state index in [4.69, 9.17) is 15.6 Å². The maximum atomic E-state index is 12.0. The summed E-state index contributed by atoms with van der Waals surface area (Å²) in [4.78, 5) is 33.0. The van der Waals surface area contributed by atoms with Crippen molar-refractivity contribution in [2.75, 3.05) is 6.54 Å². The third kappa shape index (κ3) is 5.23. The highest BCUT2D eigenvalue weighted by molar-refractivity contribution is 5.88. The van der Waals surface area contributed by atoms with Gasteiger partial charge in [0.15, 0.2) is 0 Å². The van der Waals surface area contributed by atoms with Gasteiger partial charge in [0, 0.05) is 13.0 Å². The molecule has 0 aromatic heterocycles. The molecule has 1 aromatic carbocycles. The molecule has 0 unspecified atom stereocenters. The number of carboxylic acid groups (broad SMARTS) is 2. The summed E-state index contributed by atoms with van der Waals surface area (Å²) in [5.41, 5.74) is 7.50. The average molecular weight is 320 g/mol. The Bertz CT molecular complexity index is 583. The van der Waals surface area contributed by atoms with Gasteiger partial charge in [-0.25, -0.2) is 4.79 Å². The first kappa shape index (κ1) is 18.4. The molecule has 1 aliphatic heterocycles. The lowest BCUT2D eigenvalue weighted by Gasteiger charge is -2.22. The number of hydrogen-bond donors (Lipinski definition) is 3. The van der Waals surface area contributed by atoms with Crippen LogP contribution in [0.15, 0.2) is 35.9 Å². The summed E-state index contributed by atoms with van der Waals surface area (Å²) in [6.45, 7) is 1.65. The molecule has 4 N–H and O–H groups in total. The molecule has 7 heteroatoms. The van der Waals surface area contributed by atoms with Crippen LogP contribution in [0.4, 0.5) is 0 Å². The van der Waals surface area contributed by atoms with Crippen LogP contribution >= 0.6 is 0 Å². The Morgan fingerprint density at radius 3 is 2.39 bits per heavy atom. The fourth-order valence-corrected chi connectivity index (χ4v) is 2.36. The van der Waals surface area contributed by atoms with Crippen molar-refractivity contribution in [1.29, 1.82) is 0 Å². The van der Waals surface area contributed by atoms with E-state index in [-0.39, 0.29) is 12.4 Å². The number of nitrogens with two attached hydrogens (primary N) is 1. The first-order chi connectivity index (χ1) is 10.9. The van der Waals surface area contributed by atoms with Crippen molar-refractivity contribution in [3.8, 4) is 0 Å². The quantitative estimate of drug-likeness (QED) is 0.708. The fraction of sp³-hybridized carbons (Fsp3) is 0.312. The van der Waals surface area contributed by atoms with Gasteiger partial charge in [-0.15, -0.1) is 0 Å². The minimum absolute atomic E-state index is 0.250. The number of hydrogen-bond acceptors (Lipinski definition) is 4. The largest absolute Gasteiger partial charge is 0.483 e. The van der Waals surface area contributed by atoms with Gasteiger partial charge in [0.2, 0.25) is 5.91 Å². The number of amides is 1. The zero-order chi connectivity index (χ0) is 17.4. The summed E-state index contributed by atoms with van der Waals surface area (Å²) >= 11 is 0. The number of carbonyl (C=O) groups excluding carboxylic acids is 1. The number of nitrogens with zero attached hydrogens (tertiary/aromatic N) is 1. The van der Waals surface area contributed by atoms with Crippen LogP contribution in [-0.4, -0.2) is 52.1 Å². The number of rotatable bonds is 3. The minimum atomic E-state index is -0.990. The lowest BCUT2D eigenvalue weighted by Crippen LogP contribution is -2.47. The Morgan fingerprint density at radius 2 is 1.91 bits per heavy atom. The summed E-state index contributed by atoms with van der Waals surface area (Å²) in [5, 5.41) is 16.1. The first-order valence-corrected chi connectivity index (χ1v) is 7.02. The normalized spacial score (nSPS) is 19.7. The topological polar surface area (TPSA) is 121 Å². The number of carbonyl (C=O) groups is 3. The van der Waals surface area contributed by atoms with Crippen LogP contribution < -0.4 is 5.73 Å². The molecule has 0 radical (unpaired) electrons. The third-order valence-electron chi connectivity index (χ3n) is 3.33. The van der Waals surface area contributed by atoms with Gasteiger partial charge in [-0.3, -0.25) is 9.59 Å². The minimum Gasteiger partial charge on any atom is -0.483 e. The van der Waals surface area contributed by atoms with Crippen LogP contribution in [0, 0.1) is 0 Å². The number of benzene rings is 1. The zero-order valence-corrected chi connectivity index (χ0v) is 12.8. The molecular formula is C16H20N2O5. The van der Waals surface area contributed by atoms with Gasteiger partial charge >= 0.3 is 5.97 Å². The molecule has 1 heterocycles. The van der Waals surface area contributed by atoms with Gasteiger partial charge in [-0.1, -0.05) is 36.4 Å². The summed E-state index contributed by atoms with van der Waals surface area (Å²) in [7, 11) is 0. The summed E-state index contributed by atoms with van der Waals surface area (Å²) < 4.78 is 0. The Morgan fingerprint density at radius 1 is 1.35 bits per heavy atom. The SMILES string of the molecule is C[C@H](N)C(=O)N1C/C(=C\c2ccccc2)C[C@H]1C(=O)O.O=CO. The van der Waals surface area contributed by atoms with E-state index in [1.54, 1.807) is 6.92 Å². The molecule has 0 saturated carbocycles. The van der Waals surface area contributed by atoms with Crippen molar-refractivity contribution < 1.29 is 24.6 Å². The predicted molar refractivity (Wildman–Crippen MR) is 84.5 cm³/mol. The highest BCUT2D eigenvalue weighted by atomic mass is 16.4. The van der Waals surface area contributed by atoms with E-state index in [0.717, 1.165) is 11.1 Å². The van der Waals surface area contributed by atoms with Crippen molar-refractivity contribution in [2.45, 2.75) is 25.4 Å². The lowest BCUT2D eigenvalue weighted by atomic mass is 10.1. The molecule has 2 rings (SSSR count). The standard InChI is InChI=1S/C15H18N2O3.CH2O2/c1-10(16)14(18)17-9-12(8-13(17)15(19)20)7-11-5-3-2-4-6-11;2-1-3/h2-7,10,13H,8-9,16H2,1H3,(H,19,20);1H,(H,2,3)/b12-7-;/t10-,13-;/m0./s1. The molecule has 1 saturated heterocycles. The summed E-state index contributed by atoms with van der Waals surface area (Å²) in [6, 6.07) is 8.14. The van der Waals surface area contributed by atoms with Gasteiger partial charge in [0.25, 0.3) is 6.47 Å². The van der Waals surface area contributed by atoms with Crippen molar-refractivity contribution in [3.63, 3.8) is 0 Å². The van der Waals surface area contributed by atoms with Crippen LogP contribution in [0.25, 0.3) is 6.08 Å². The summed E-state index contributed by atoms with van der Waals surface area (Å²) in [5.74, 6) is -1.32. The highest BCUT2D eigenvalue weighted by Crippen LogP contribution is 2.25. The number of likely N-dealkylation sites (tertiary alicyclic amines) is 1. The molecule has 2 atom stereocenters. The van der Waals surface area contributed by atoms with Crippen molar-refractivity contribution in [2.24, 2.45) is 5.73 Å². The third-order valence-corrected chi connectivity index (χ3v) is 3.33. The maximum absolute atomic E-state index is 12.0. The van der Waals surface area contributed by atoms with Crippen molar-refractivity contribution in [1.82, 2.24) is 4.90 Å². The molecule has 1 amide bonds. The van der Waals surface area contributed by atoms with Crippen LogP contribution in [0.2, 0.25) is 0 Å². The Balaban J connectivity index is 0.000000816. The molecule has 124 valence electrons. The fourth-order valence-electron chi connectivity index (χ4n) is 2.36. The zero-order valence-electron chi connectivity index (χ0n) is 12.8. The Hall–Kier alpha value is -2.67. The smallest absolute Gasteiger partial charge is 0.326 e. The Labute approximate surface area is 134 Å². The van der Waals surface area contributed by atoms with E-state index in [0.29, 0.717) is 13.0 Å². The molecule has 7 nitrogen and oxygen atoms in total. The van der Waals surface area contributed by atoms with E-state index < -0.39 is 18.1 Å². The van der Waals surface area contributed by atoms with E-state index in [2.05, 4.69) is 0 Å². The first-order valence-electron chi connectivity index (χ1n) is 7.02. The number of aliphatic carboxylic acids is 1. The van der Waals surface area contributed by atoms with E-state index >= 15 is 0 Å². The lowest BCUT2D eigenvalue weighted by molar-refractivity contribution is -0.148. The summed E-state index contributed by atoms with van der Waals surface area (Å²) in [6.07, 6.45) is 2.28. The van der Waals surface area contributed by atoms with Crippen LogP contribution in [0.5, 0.6) is 0 Å². The van der Waals surface area contributed by atoms with E-state index in [9.17, 15) is 14.7 Å². The van der Waals surface area contributed by atoms with Gasteiger partial charge in [0.1, 0.15) is 6.04 Å². The average Bonchev–Trinajstić information content (AvgIpc) is 2.92. The van der Waals surface area contributed by atoms with Crippen molar-refractivity contribution in [3.05, 3.63) is 41.5 Å². The molecule has 23 heavy (non-hydrogen) atoms. The molecule has 0 spiro atoms. The van der Waals surface area contributed by atoms with Crippen LogP contribution in [-0.2, 0) is 14.4 Å². The predicted octanol–water partition coefficient (Wildman–Crippen LogP) is 0.803. The van der Waals surface area contributed by atoms with Crippen LogP contribution in [0.1, 0.15) is 18.9 Å². The molecule has 0 bridgehead atoms. The van der Waals surface area contributed by atoms with Gasteiger partial charge in [-0.05, 0) is 18.1 Å². The second-order valence-corrected chi connectivity index (χ2v) is 5.13. The molecule has 1 fully saturated rings. The highest BCUT2D eigenvalue weighted by Gasteiger charge is 2.37. The van der Waals surface area contributed by atoms with Crippen molar-refractivity contribution >= 4 is 24.4 Å². The molecule has 1 aromatic rings. The molecule has 0 aliphatic carbocycles. The maximum Gasteiger partial charge on any atom is 0.326 e. The van der Waals surface area contributed by atoms with Gasteiger partial charge in [0.05, 0.1) is 6.04 Å².